The van der Waals surface area contributed by atoms with Gasteiger partial charge in [0.05, 0.1) is 5.52 Å². The second-order valence-corrected chi connectivity index (χ2v) is 4.56. The molecule has 3 nitrogen and oxygen atoms in total. The van der Waals surface area contributed by atoms with Crippen LogP contribution in [0.25, 0.3) is 10.9 Å². The number of rotatable bonds is 3. The molecule has 0 aliphatic rings. The summed E-state index contributed by atoms with van der Waals surface area (Å²) >= 11 is 3.49. The van der Waals surface area contributed by atoms with Gasteiger partial charge in [0.1, 0.15) is 5.82 Å². The van der Waals surface area contributed by atoms with Crippen molar-refractivity contribution >= 4 is 32.7 Å². The SMILES string of the molecule is CCCc1cc2cccc(Br)c2nc1NN. The number of fused-ring (bicyclic) bond motifs is 1. The molecule has 0 amide bonds. The standard InChI is InChI=1S/C12H14BrN3/c1-2-4-9-7-8-5-3-6-10(13)11(8)15-12(9)16-14/h3,5-7H,2,4,14H2,1H3,(H,15,16). The topological polar surface area (TPSA) is 50.9 Å². The molecule has 3 N–H and O–H groups in total. The van der Waals surface area contributed by atoms with E-state index in [1.54, 1.807) is 0 Å². The number of halogens is 1. The van der Waals surface area contributed by atoms with Gasteiger partial charge in [-0.1, -0.05) is 25.5 Å². The van der Waals surface area contributed by atoms with Gasteiger partial charge in [-0.05, 0) is 40.0 Å². The van der Waals surface area contributed by atoms with E-state index in [2.05, 4.69) is 45.4 Å². The number of nitrogens with two attached hydrogens (primary N) is 1. The lowest BCUT2D eigenvalue weighted by Crippen LogP contribution is -2.11. The van der Waals surface area contributed by atoms with Crippen LogP contribution in [0.2, 0.25) is 0 Å². The lowest BCUT2D eigenvalue weighted by atomic mass is 10.1. The van der Waals surface area contributed by atoms with Gasteiger partial charge in [0.15, 0.2) is 0 Å². The number of anilines is 1. The van der Waals surface area contributed by atoms with Crippen LogP contribution < -0.4 is 11.3 Å². The van der Waals surface area contributed by atoms with Crippen LogP contribution >= 0.6 is 15.9 Å². The molecule has 2 rings (SSSR count). The fourth-order valence-corrected chi connectivity index (χ4v) is 2.26. The Labute approximate surface area is 103 Å². The quantitative estimate of drug-likeness (QED) is 0.670. The number of pyridine rings is 1. The highest BCUT2D eigenvalue weighted by Crippen LogP contribution is 2.26. The van der Waals surface area contributed by atoms with Crippen molar-refractivity contribution in [3.8, 4) is 0 Å². The van der Waals surface area contributed by atoms with E-state index >= 15 is 0 Å². The van der Waals surface area contributed by atoms with Crippen molar-refractivity contribution in [3.05, 3.63) is 34.3 Å². The maximum Gasteiger partial charge on any atom is 0.143 e. The van der Waals surface area contributed by atoms with Crippen LogP contribution in [-0.4, -0.2) is 4.98 Å². The molecule has 0 fully saturated rings. The Morgan fingerprint density at radius 2 is 2.25 bits per heavy atom. The average molecular weight is 280 g/mol. The van der Waals surface area contributed by atoms with Gasteiger partial charge in [-0.2, -0.15) is 0 Å². The number of hydrazine groups is 1. The van der Waals surface area contributed by atoms with Gasteiger partial charge in [-0.15, -0.1) is 0 Å². The van der Waals surface area contributed by atoms with Crippen LogP contribution in [0.5, 0.6) is 0 Å². The van der Waals surface area contributed by atoms with Gasteiger partial charge in [0, 0.05) is 9.86 Å². The van der Waals surface area contributed by atoms with Gasteiger partial charge < -0.3 is 5.43 Å². The number of nitrogen functional groups attached to an aromatic ring is 1. The largest absolute Gasteiger partial charge is 0.308 e. The molecule has 0 saturated heterocycles. The first kappa shape index (κ1) is 11.4. The van der Waals surface area contributed by atoms with Crippen LogP contribution in [0.3, 0.4) is 0 Å². The highest BCUT2D eigenvalue weighted by molar-refractivity contribution is 9.10. The van der Waals surface area contributed by atoms with Crippen LogP contribution in [0.4, 0.5) is 5.82 Å². The number of aryl methyl sites for hydroxylation is 1. The molecule has 0 unspecified atom stereocenters. The number of benzene rings is 1. The summed E-state index contributed by atoms with van der Waals surface area (Å²) in [6, 6.07) is 8.20. The maximum absolute atomic E-state index is 5.49. The Morgan fingerprint density at radius 1 is 1.44 bits per heavy atom. The molecule has 0 aliphatic heterocycles. The molecule has 1 aromatic carbocycles. The minimum Gasteiger partial charge on any atom is -0.308 e. The van der Waals surface area contributed by atoms with E-state index in [1.807, 2.05) is 12.1 Å². The van der Waals surface area contributed by atoms with E-state index in [1.165, 1.54) is 0 Å². The number of nitrogens with zero attached hydrogens (tertiary/aromatic N) is 1. The molecule has 1 aromatic heterocycles. The normalized spacial score (nSPS) is 10.7. The Morgan fingerprint density at radius 3 is 2.94 bits per heavy atom. The lowest BCUT2D eigenvalue weighted by molar-refractivity contribution is 0.917. The third kappa shape index (κ3) is 2.03. The van der Waals surface area contributed by atoms with Gasteiger partial charge in [-0.25, -0.2) is 10.8 Å². The van der Waals surface area contributed by atoms with Crippen molar-refractivity contribution in [2.75, 3.05) is 5.43 Å². The average Bonchev–Trinajstić information content (AvgIpc) is 2.29. The van der Waals surface area contributed by atoms with Gasteiger partial charge in [0.25, 0.3) is 0 Å². The Bertz CT molecular complexity index is 511. The molecular weight excluding hydrogens is 266 g/mol. The molecule has 0 aliphatic carbocycles. The summed E-state index contributed by atoms with van der Waals surface area (Å²) in [4.78, 5) is 4.53. The third-order valence-electron chi connectivity index (χ3n) is 2.53. The molecular formula is C12H14BrN3. The minimum absolute atomic E-state index is 0.765. The second-order valence-electron chi connectivity index (χ2n) is 3.70. The van der Waals surface area contributed by atoms with Crippen molar-refractivity contribution in [1.82, 2.24) is 4.98 Å². The van der Waals surface area contributed by atoms with Crippen LogP contribution in [-0.2, 0) is 6.42 Å². The summed E-state index contributed by atoms with van der Waals surface area (Å²) in [6.07, 6.45) is 2.06. The van der Waals surface area contributed by atoms with E-state index in [0.717, 1.165) is 39.6 Å². The molecule has 0 radical (unpaired) electrons. The van der Waals surface area contributed by atoms with Crippen molar-refractivity contribution in [2.24, 2.45) is 5.84 Å². The Balaban J connectivity index is 2.65. The number of nitrogens with one attached hydrogen (secondary N) is 1. The first-order valence-corrected chi connectivity index (χ1v) is 6.10. The fourth-order valence-electron chi connectivity index (χ4n) is 1.79. The first-order chi connectivity index (χ1) is 7.76. The minimum atomic E-state index is 0.765. The summed E-state index contributed by atoms with van der Waals surface area (Å²) in [6.45, 7) is 2.14. The maximum atomic E-state index is 5.49. The fraction of sp³-hybridized carbons (Fsp3) is 0.250. The van der Waals surface area contributed by atoms with Crippen molar-refractivity contribution in [2.45, 2.75) is 19.8 Å². The Hall–Kier alpha value is -1.13. The zero-order valence-electron chi connectivity index (χ0n) is 9.13. The Kier molecular flexibility index (Phi) is 3.41. The molecule has 2 aromatic rings. The highest BCUT2D eigenvalue weighted by Gasteiger charge is 2.06. The molecule has 4 heteroatoms. The molecule has 1 heterocycles. The zero-order valence-corrected chi connectivity index (χ0v) is 10.7. The number of hydrogen-bond acceptors (Lipinski definition) is 3. The second kappa shape index (κ2) is 4.80. The monoisotopic (exact) mass is 279 g/mol. The number of para-hydroxylation sites is 1. The predicted octanol–water partition coefficient (Wildman–Crippen LogP) is 3.24. The predicted molar refractivity (Wildman–Crippen MR) is 71.2 cm³/mol. The van der Waals surface area contributed by atoms with Crippen LogP contribution in [0, 0.1) is 0 Å². The number of hydrogen-bond donors (Lipinski definition) is 2. The van der Waals surface area contributed by atoms with E-state index in [-0.39, 0.29) is 0 Å². The first-order valence-electron chi connectivity index (χ1n) is 5.31. The summed E-state index contributed by atoms with van der Waals surface area (Å²) in [7, 11) is 0. The highest BCUT2D eigenvalue weighted by atomic mass is 79.9. The van der Waals surface area contributed by atoms with Gasteiger partial charge in [0.2, 0.25) is 0 Å². The van der Waals surface area contributed by atoms with Gasteiger partial charge in [-0.3, -0.25) is 0 Å². The summed E-state index contributed by atoms with van der Waals surface area (Å²) in [5.74, 6) is 6.26. The van der Waals surface area contributed by atoms with Gasteiger partial charge >= 0.3 is 0 Å². The molecule has 0 saturated carbocycles. The summed E-state index contributed by atoms with van der Waals surface area (Å²) in [5.41, 5.74) is 4.77. The van der Waals surface area contributed by atoms with E-state index in [4.69, 9.17) is 5.84 Å². The molecule has 16 heavy (non-hydrogen) atoms. The van der Waals surface area contributed by atoms with Crippen molar-refractivity contribution in [1.29, 1.82) is 0 Å². The zero-order chi connectivity index (χ0) is 11.5. The van der Waals surface area contributed by atoms with Crippen molar-refractivity contribution < 1.29 is 0 Å². The summed E-state index contributed by atoms with van der Waals surface area (Å²) in [5, 5.41) is 1.14. The smallest absolute Gasteiger partial charge is 0.143 e. The third-order valence-corrected chi connectivity index (χ3v) is 3.17. The van der Waals surface area contributed by atoms with E-state index in [0.29, 0.717) is 0 Å². The lowest BCUT2D eigenvalue weighted by Gasteiger charge is -2.09. The molecule has 0 bridgehead atoms. The van der Waals surface area contributed by atoms with E-state index < -0.39 is 0 Å². The molecule has 0 atom stereocenters. The van der Waals surface area contributed by atoms with Crippen LogP contribution in [0.15, 0.2) is 28.7 Å². The summed E-state index contributed by atoms with van der Waals surface area (Å²) < 4.78 is 0.990. The van der Waals surface area contributed by atoms with Crippen LogP contribution in [0.1, 0.15) is 18.9 Å². The molecule has 84 valence electrons. The molecule has 0 spiro atoms. The van der Waals surface area contributed by atoms with E-state index in [9.17, 15) is 0 Å². The number of aromatic nitrogens is 1. The van der Waals surface area contributed by atoms with Crippen molar-refractivity contribution in [3.63, 3.8) is 0 Å².